The Labute approximate surface area is 132 Å². The van der Waals surface area contributed by atoms with E-state index in [2.05, 4.69) is 4.98 Å². The van der Waals surface area contributed by atoms with Gasteiger partial charge < -0.3 is 9.15 Å². The molecule has 0 aliphatic heterocycles. The van der Waals surface area contributed by atoms with Crippen molar-refractivity contribution in [2.75, 3.05) is 13.7 Å². The maximum absolute atomic E-state index is 12.0. The number of amides is 1. The van der Waals surface area contributed by atoms with E-state index < -0.39 is 21.2 Å². The number of furan rings is 1. The number of nitrogens with zero attached hydrogens (tertiary/aromatic N) is 1. The Morgan fingerprint density at radius 3 is 2.86 bits per heavy atom. The first kappa shape index (κ1) is 16.7. The molecule has 0 aliphatic rings. The molecule has 2 rings (SSSR count). The van der Waals surface area contributed by atoms with Gasteiger partial charge in [-0.05, 0) is 19.9 Å². The highest BCUT2D eigenvalue weighted by atomic mass is 32.2. The largest absolute Gasteiger partial charge is 0.462 e. The molecule has 0 bridgehead atoms. The molecular formula is C13H16N2O5S2. The lowest BCUT2D eigenvalue weighted by Crippen LogP contribution is -2.38. The van der Waals surface area contributed by atoms with Crippen LogP contribution in [0.25, 0.3) is 11.5 Å². The minimum atomic E-state index is -3.80. The van der Waals surface area contributed by atoms with Crippen LogP contribution in [0.3, 0.4) is 0 Å². The summed E-state index contributed by atoms with van der Waals surface area (Å²) in [6.45, 7) is 3.31. The van der Waals surface area contributed by atoms with Gasteiger partial charge >= 0.3 is 0 Å². The zero-order valence-electron chi connectivity index (χ0n) is 12.3. The molecule has 2 heterocycles. The predicted octanol–water partition coefficient (Wildman–Crippen LogP) is 1.81. The average molecular weight is 344 g/mol. The lowest BCUT2D eigenvalue weighted by Gasteiger charge is -2.12. The summed E-state index contributed by atoms with van der Waals surface area (Å²) in [5.41, 5.74) is 0.728. The van der Waals surface area contributed by atoms with Crippen molar-refractivity contribution in [1.82, 2.24) is 9.71 Å². The van der Waals surface area contributed by atoms with E-state index in [1.165, 1.54) is 37.7 Å². The third-order valence-corrected chi connectivity index (χ3v) is 5.34. The van der Waals surface area contributed by atoms with Crippen molar-refractivity contribution in [2.24, 2.45) is 0 Å². The molecule has 0 aromatic carbocycles. The maximum atomic E-state index is 12.0. The molecular weight excluding hydrogens is 328 g/mol. The normalized spacial score (nSPS) is 13.0. The molecule has 1 amide bonds. The van der Waals surface area contributed by atoms with Crippen molar-refractivity contribution in [3.05, 3.63) is 28.3 Å². The Bertz CT molecular complexity index is 763. The van der Waals surface area contributed by atoms with E-state index in [1.807, 2.05) is 11.6 Å². The van der Waals surface area contributed by atoms with Crippen molar-refractivity contribution in [3.8, 4) is 11.5 Å². The summed E-state index contributed by atoms with van der Waals surface area (Å²) in [7, 11) is -2.41. The maximum Gasteiger partial charge on any atom is 0.268 e. The van der Waals surface area contributed by atoms with E-state index in [0.29, 0.717) is 11.5 Å². The number of thiazole rings is 1. The molecule has 120 valence electrons. The van der Waals surface area contributed by atoms with Crippen LogP contribution in [0.2, 0.25) is 0 Å². The molecule has 7 nitrogen and oxygen atoms in total. The van der Waals surface area contributed by atoms with Crippen LogP contribution in [0.1, 0.15) is 22.3 Å². The quantitative estimate of drug-likeness (QED) is 0.858. The highest BCUT2D eigenvalue weighted by Crippen LogP contribution is 2.23. The zero-order chi connectivity index (χ0) is 16.3. The first-order valence-electron chi connectivity index (χ1n) is 6.39. The van der Waals surface area contributed by atoms with Crippen LogP contribution >= 0.6 is 11.3 Å². The minimum absolute atomic E-state index is 0.00263. The van der Waals surface area contributed by atoms with Crippen molar-refractivity contribution in [1.29, 1.82) is 0 Å². The Kier molecular flexibility index (Phi) is 4.99. The lowest BCUT2D eigenvalue weighted by molar-refractivity contribution is 0.0980. The van der Waals surface area contributed by atoms with Crippen LogP contribution in [0, 0.1) is 6.92 Å². The van der Waals surface area contributed by atoms with Crippen LogP contribution in [0.4, 0.5) is 0 Å². The number of rotatable bonds is 6. The fraction of sp³-hybridized carbons (Fsp3) is 0.385. The monoisotopic (exact) mass is 344 g/mol. The smallest absolute Gasteiger partial charge is 0.268 e. The molecule has 0 aliphatic carbocycles. The van der Waals surface area contributed by atoms with Crippen LogP contribution in [0.5, 0.6) is 0 Å². The van der Waals surface area contributed by atoms with Gasteiger partial charge in [-0.15, -0.1) is 11.3 Å². The number of aryl methyl sites for hydroxylation is 1. The van der Waals surface area contributed by atoms with Gasteiger partial charge in [0.2, 0.25) is 10.0 Å². The van der Waals surface area contributed by atoms with Gasteiger partial charge in [0.1, 0.15) is 17.2 Å². The Balaban J connectivity index is 2.12. The number of nitrogens with one attached hydrogen (secondary N) is 1. The van der Waals surface area contributed by atoms with Gasteiger partial charge in [0.05, 0.1) is 17.2 Å². The molecule has 0 radical (unpaired) electrons. The number of sulfonamides is 1. The topological polar surface area (TPSA) is 98.5 Å². The molecule has 22 heavy (non-hydrogen) atoms. The van der Waals surface area contributed by atoms with E-state index in [-0.39, 0.29) is 12.2 Å². The summed E-state index contributed by atoms with van der Waals surface area (Å²) in [5.74, 6) is -0.332. The van der Waals surface area contributed by atoms with Gasteiger partial charge in [-0.1, -0.05) is 0 Å². The number of carbonyl (C=O) groups is 1. The molecule has 2 aromatic rings. The minimum Gasteiger partial charge on any atom is -0.462 e. The number of carbonyl (C=O) groups excluding carboxylic acids is 1. The Morgan fingerprint density at radius 1 is 1.55 bits per heavy atom. The summed E-state index contributed by atoms with van der Waals surface area (Å²) < 4.78 is 35.9. The van der Waals surface area contributed by atoms with E-state index in [4.69, 9.17) is 9.15 Å². The van der Waals surface area contributed by atoms with Gasteiger partial charge in [0.25, 0.3) is 5.91 Å². The van der Waals surface area contributed by atoms with E-state index in [1.54, 1.807) is 5.38 Å². The second kappa shape index (κ2) is 6.59. The van der Waals surface area contributed by atoms with Gasteiger partial charge in [0, 0.05) is 12.5 Å². The van der Waals surface area contributed by atoms with Crippen molar-refractivity contribution in [2.45, 2.75) is 19.1 Å². The van der Waals surface area contributed by atoms with Crippen molar-refractivity contribution >= 4 is 27.3 Å². The van der Waals surface area contributed by atoms with Crippen LogP contribution < -0.4 is 4.72 Å². The molecule has 0 unspecified atom stereocenters. The van der Waals surface area contributed by atoms with Gasteiger partial charge in [-0.25, -0.2) is 18.1 Å². The third kappa shape index (κ3) is 3.73. The van der Waals surface area contributed by atoms with Crippen molar-refractivity contribution < 1.29 is 22.4 Å². The summed E-state index contributed by atoms with van der Waals surface area (Å²) in [4.78, 5) is 16.2. The number of hydrogen-bond acceptors (Lipinski definition) is 7. The summed E-state index contributed by atoms with van der Waals surface area (Å²) >= 11 is 1.45. The molecule has 0 fully saturated rings. The van der Waals surface area contributed by atoms with Gasteiger partial charge in [0.15, 0.2) is 5.76 Å². The second-order valence-corrected chi connectivity index (χ2v) is 7.85. The third-order valence-electron chi connectivity index (χ3n) is 2.90. The highest BCUT2D eigenvalue weighted by molar-refractivity contribution is 7.90. The molecule has 0 saturated carbocycles. The van der Waals surface area contributed by atoms with Crippen LogP contribution in [-0.2, 0) is 14.8 Å². The fourth-order valence-corrected chi connectivity index (χ4v) is 3.17. The van der Waals surface area contributed by atoms with E-state index >= 15 is 0 Å². The number of hydrogen-bond donors (Lipinski definition) is 1. The lowest BCUT2D eigenvalue weighted by atomic mass is 10.3. The molecule has 0 spiro atoms. The molecule has 0 saturated heterocycles. The van der Waals surface area contributed by atoms with Gasteiger partial charge in [-0.2, -0.15) is 0 Å². The Morgan fingerprint density at radius 2 is 2.27 bits per heavy atom. The van der Waals surface area contributed by atoms with E-state index in [0.717, 1.165) is 5.01 Å². The average Bonchev–Trinajstić information content (AvgIpc) is 3.06. The first-order valence-corrected chi connectivity index (χ1v) is 8.82. The fourth-order valence-electron chi connectivity index (χ4n) is 1.68. The van der Waals surface area contributed by atoms with Gasteiger partial charge in [-0.3, -0.25) is 4.79 Å². The molecule has 9 heteroatoms. The standard InChI is InChI=1S/C13H16N2O5S2/c1-8(5-19-3)22(17,18)15-13(16)10-4-12(20-6-10)11-7-21-9(2)14-11/h4,6-8H,5H2,1-3H3,(H,15,16)/t8-/m1/s1. The summed E-state index contributed by atoms with van der Waals surface area (Å²) in [6, 6.07) is 1.46. The molecule has 1 N–H and O–H groups in total. The van der Waals surface area contributed by atoms with Crippen LogP contribution in [-0.4, -0.2) is 38.3 Å². The molecule has 1 atom stereocenters. The zero-order valence-corrected chi connectivity index (χ0v) is 14.0. The van der Waals surface area contributed by atoms with Crippen molar-refractivity contribution in [3.63, 3.8) is 0 Å². The van der Waals surface area contributed by atoms with Crippen LogP contribution in [0.15, 0.2) is 22.1 Å². The predicted molar refractivity (Wildman–Crippen MR) is 82.3 cm³/mol. The number of ether oxygens (including phenoxy) is 1. The number of methoxy groups -OCH3 is 1. The molecule has 2 aromatic heterocycles. The highest BCUT2D eigenvalue weighted by Gasteiger charge is 2.24. The first-order chi connectivity index (χ1) is 10.3. The summed E-state index contributed by atoms with van der Waals surface area (Å²) in [6.07, 6.45) is 1.20. The second-order valence-electron chi connectivity index (χ2n) is 4.69. The van der Waals surface area contributed by atoms with E-state index in [9.17, 15) is 13.2 Å². The Hall–Kier alpha value is -1.71. The SMILES string of the molecule is COC[C@@H](C)S(=O)(=O)NC(=O)c1coc(-c2csc(C)n2)c1. The number of aromatic nitrogens is 1. The summed E-state index contributed by atoms with van der Waals surface area (Å²) in [5, 5.41) is 1.83.